The van der Waals surface area contributed by atoms with E-state index in [2.05, 4.69) is 15.5 Å². The van der Waals surface area contributed by atoms with E-state index in [9.17, 15) is 27.6 Å². The van der Waals surface area contributed by atoms with Gasteiger partial charge in [0.1, 0.15) is 23.1 Å². The van der Waals surface area contributed by atoms with Crippen molar-refractivity contribution < 1.29 is 22.8 Å². The number of benzene rings is 3. The Balaban J connectivity index is 1.13. The zero-order valence-corrected chi connectivity index (χ0v) is 21.2. The fourth-order valence-corrected chi connectivity index (χ4v) is 5.64. The molecule has 204 valence electrons. The number of fused-ring (bicyclic) bond motifs is 2. The van der Waals surface area contributed by atoms with E-state index in [0.717, 1.165) is 12.1 Å². The molecule has 0 saturated carbocycles. The molecule has 1 aromatic heterocycles. The number of halogens is 3. The van der Waals surface area contributed by atoms with Crippen LogP contribution in [0.4, 0.5) is 23.7 Å². The zero-order valence-electron chi connectivity index (χ0n) is 21.2. The second-order valence-corrected chi connectivity index (χ2v) is 10.2. The van der Waals surface area contributed by atoms with Crippen molar-refractivity contribution in [3.05, 3.63) is 105 Å². The van der Waals surface area contributed by atoms with Crippen LogP contribution >= 0.6 is 0 Å². The van der Waals surface area contributed by atoms with Crippen LogP contribution in [-0.2, 0) is 6.42 Å². The molecular formula is C29H24F3N5O3. The van der Waals surface area contributed by atoms with Crippen LogP contribution in [0.2, 0.25) is 0 Å². The number of para-hydroxylation sites is 1. The first kappa shape index (κ1) is 25.6. The fourth-order valence-electron chi connectivity index (χ4n) is 5.64. The van der Waals surface area contributed by atoms with E-state index >= 15 is 0 Å². The molecule has 11 heteroatoms. The maximum atomic E-state index is 14.8. The number of anilines is 1. The molecule has 2 atom stereocenters. The molecule has 4 aromatic rings. The molecule has 6 rings (SSSR count). The quantitative estimate of drug-likeness (QED) is 0.401. The van der Waals surface area contributed by atoms with Crippen molar-refractivity contribution in [1.82, 2.24) is 20.0 Å². The van der Waals surface area contributed by atoms with Crippen molar-refractivity contribution >= 4 is 28.4 Å². The van der Waals surface area contributed by atoms with E-state index in [-0.39, 0.29) is 29.4 Å². The zero-order chi connectivity index (χ0) is 28.0. The average molecular weight is 548 g/mol. The first-order valence-corrected chi connectivity index (χ1v) is 12.8. The van der Waals surface area contributed by atoms with Crippen molar-refractivity contribution in [2.24, 2.45) is 11.8 Å². The molecule has 3 aromatic carbocycles. The Morgan fingerprint density at radius 2 is 1.50 bits per heavy atom. The molecule has 8 nitrogen and oxygen atoms in total. The summed E-state index contributed by atoms with van der Waals surface area (Å²) in [5, 5.41) is 10.1. The third-order valence-electron chi connectivity index (χ3n) is 7.66. The molecule has 2 fully saturated rings. The highest BCUT2D eigenvalue weighted by Gasteiger charge is 2.43. The van der Waals surface area contributed by atoms with Gasteiger partial charge in [0.2, 0.25) is 0 Å². The normalized spacial score (nSPS) is 18.3. The smallest absolute Gasteiger partial charge is 0.322 e. The molecule has 0 aliphatic carbocycles. The molecule has 2 saturated heterocycles. The summed E-state index contributed by atoms with van der Waals surface area (Å²) < 4.78 is 42.7. The first-order chi connectivity index (χ1) is 19.3. The standard InChI is InChI=1S/C29H24F3N5O3/c30-22-9-8-16(11-25-19-4-1-2-5-20(19)27(38)35-34-25)10-21(22)28(39)36-12-17-14-37(15-18(17)13-36)29(40)33-26-23(31)6-3-7-24(26)32/h1-10,17-18H,11-15H2,(H,33,40)(H,35,38). The van der Waals surface area contributed by atoms with Gasteiger partial charge in [-0.25, -0.2) is 23.1 Å². The van der Waals surface area contributed by atoms with E-state index in [0.29, 0.717) is 48.2 Å². The molecule has 0 spiro atoms. The number of hydrogen-bond acceptors (Lipinski definition) is 4. The van der Waals surface area contributed by atoms with Gasteiger partial charge in [-0.15, -0.1) is 0 Å². The number of amides is 3. The lowest BCUT2D eigenvalue weighted by Crippen LogP contribution is -2.38. The largest absolute Gasteiger partial charge is 0.338 e. The number of carbonyl (C=O) groups is 2. The third kappa shape index (κ3) is 4.67. The van der Waals surface area contributed by atoms with Gasteiger partial charge in [0, 0.05) is 49.8 Å². The van der Waals surface area contributed by atoms with E-state index < -0.39 is 35.1 Å². The predicted octanol–water partition coefficient (Wildman–Crippen LogP) is 4.17. The molecule has 40 heavy (non-hydrogen) atoms. The van der Waals surface area contributed by atoms with Gasteiger partial charge in [-0.3, -0.25) is 9.59 Å². The number of hydrogen-bond donors (Lipinski definition) is 2. The summed E-state index contributed by atoms with van der Waals surface area (Å²) >= 11 is 0. The lowest BCUT2D eigenvalue weighted by atomic mass is 10.0. The van der Waals surface area contributed by atoms with Gasteiger partial charge >= 0.3 is 6.03 Å². The van der Waals surface area contributed by atoms with E-state index in [1.54, 1.807) is 35.2 Å². The van der Waals surface area contributed by atoms with Crippen molar-refractivity contribution in [3.63, 3.8) is 0 Å². The maximum absolute atomic E-state index is 14.8. The van der Waals surface area contributed by atoms with Gasteiger partial charge in [0.15, 0.2) is 0 Å². The summed E-state index contributed by atoms with van der Waals surface area (Å²) in [6.07, 6.45) is 0.287. The number of nitrogens with zero attached hydrogens (tertiary/aromatic N) is 3. The summed E-state index contributed by atoms with van der Waals surface area (Å²) in [7, 11) is 0. The van der Waals surface area contributed by atoms with Crippen LogP contribution < -0.4 is 10.9 Å². The fraction of sp³-hybridized carbons (Fsp3) is 0.241. The van der Waals surface area contributed by atoms with Gasteiger partial charge in [-0.05, 0) is 35.9 Å². The molecule has 2 aliphatic heterocycles. The van der Waals surface area contributed by atoms with E-state index in [1.807, 2.05) is 0 Å². The van der Waals surface area contributed by atoms with Crippen LogP contribution in [0.15, 0.2) is 65.5 Å². The number of likely N-dealkylation sites (tertiary alicyclic amines) is 2. The third-order valence-corrected chi connectivity index (χ3v) is 7.66. The first-order valence-electron chi connectivity index (χ1n) is 12.8. The number of rotatable bonds is 4. The number of aromatic amines is 1. The number of carbonyl (C=O) groups excluding carboxylic acids is 2. The van der Waals surface area contributed by atoms with Crippen LogP contribution in [0.25, 0.3) is 10.8 Å². The summed E-state index contributed by atoms with van der Waals surface area (Å²) in [6.45, 7) is 1.28. The predicted molar refractivity (Wildman–Crippen MR) is 141 cm³/mol. The van der Waals surface area contributed by atoms with E-state index in [1.165, 1.54) is 23.1 Å². The van der Waals surface area contributed by atoms with Gasteiger partial charge in [0.25, 0.3) is 11.5 Å². The molecule has 0 radical (unpaired) electrons. The summed E-state index contributed by atoms with van der Waals surface area (Å²) in [5.74, 6) is -2.89. The topological polar surface area (TPSA) is 98.4 Å². The second kappa shape index (κ2) is 10.1. The summed E-state index contributed by atoms with van der Waals surface area (Å²) in [4.78, 5) is 41.1. The minimum absolute atomic E-state index is 0.0388. The maximum Gasteiger partial charge on any atom is 0.322 e. The van der Waals surface area contributed by atoms with Crippen molar-refractivity contribution in [1.29, 1.82) is 0 Å². The molecular weight excluding hydrogens is 523 g/mol. The van der Waals surface area contributed by atoms with Crippen molar-refractivity contribution in [2.45, 2.75) is 6.42 Å². The highest BCUT2D eigenvalue weighted by molar-refractivity contribution is 5.95. The summed E-state index contributed by atoms with van der Waals surface area (Å²) in [6, 6.07) is 14.1. The van der Waals surface area contributed by atoms with Crippen molar-refractivity contribution in [2.75, 3.05) is 31.5 Å². The number of H-pyrrole nitrogens is 1. The Hall–Kier alpha value is -4.67. The minimum atomic E-state index is -0.863. The van der Waals surface area contributed by atoms with Gasteiger partial charge in [-0.2, -0.15) is 5.10 Å². The Morgan fingerprint density at radius 3 is 2.20 bits per heavy atom. The number of aromatic nitrogens is 2. The Bertz CT molecular complexity index is 1670. The minimum Gasteiger partial charge on any atom is -0.338 e. The average Bonchev–Trinajstić information content (AvgIpc) is 3.53. The lowest BCUT2D eigenvalue weighted by molar-refractivity contribution is 0.0772. The highest BCUT2D eigenvalue weighted by atomic mass is 19.1. The Kier molecular flexibility index (Phi) is 6.49. The van der Waals surface area contributed by atoms with Crippen LogP contribution in [0.5, 0.6) is 0 Å². The molecule has 2 unspecified atom stereocenters. The lowest BCUT2D eigenvalue weighted by Gasteiger charge is -2.22. The van der Waals surface area contributed by atoms with Crippen LogP contribution in [0.1, 0.15) is 21.6 Å². The molecule has 2 N–H and O–H groups in total. The van der Waals surface area contributed by atoms with Crippen LogP contribution in [0, 0.1) is 29.3 Å². The molecule has 3 amide bonds. The molecule has 0 bridgehead atoms. The molecule has 2 aliphatic rings. The van der Waals surface area contributed by atoms with Gasteiger partial charge in [-0.1, -0.05) is 30.3 Å². The SMILES string of the molecule is O=C(Nc1c(F)cccc1F)N1CC2CN(C(=O)c3cc(Cc4n[nH]c(=O)c5ccccc45)ccc3F)CC2C1. The van der Waals surface area contributed by atoms with E-state index in [4.69, 9.17) is 0 Å². The monoisotopic (exact) mass is 547 g/mol. The van der Waals surface area contributed by atoms with Gasteiger partial charge in [0.05, 0.1) is 16.6 Å². The molecule has 3 heterocycles. The number of urea groups is 1. The highest BCUT2D eigenvalue weighted by Crippen LogP contribution is 2.33. The van der Waals surface area contributed by atoms with Crippen molar-refractivity contribution in [3.8, 4) is 0 Å². The van der Waals surface area contributed by atoms with Gasteiger partial charge < -0.3 is 15.1 Å². The Morgan fingerprint density at radius 1 is 0.850 bits per heavy atom. The second-order valence-electron chi connectivity index (χ2n) is 10.2. The van der Waals surface area contributed by atoms with Crippen LogP contribution in [0.3, 0.4) is 0 Å². The summed E-state index contributed by atoms with van der Waals surface area (Å²) in [5.41, 5.74) is 0.406. The number of nitrogens with one attached hydrogen (secondary N) is 2. The Labute approximate surface area is 226 Å². The van der Waals surface area contributed by atoms with Crippen LogP contribution in [-0.4, -0.2) is 58.1 Å².